The number of carbonyl (C=O) groups is 1. The number of pyridine rings is 1. The van der Waals surface area contributed by atoms with Crippen molar-refractivity contribution in [3.8, 4) is 5.75 Å². The van der Waals surface area contributed by atoms with Gasteiger partial charge < -0.3 is 26.2 Å². The third-order valence-electron chi connectivity index (χ3n) is 5.60. The van der Waals surface area contributed by atoms with Crippen molar-refractivity contribution in [2.24, 2.45) is 0 Å². The maximum absolute atomic E-state index is 12.5. The van der Waals surface area contributed by atoms with Crippen LogP contribution in [0.4, 0.5) is 5.82 Å². The number of rotatable bonds is 6. The van der Waals surface area contributed by atoms with Gasteiger partial charge in [0.1, 0.15) is 11.6 Å². The van der Waals surface area contributed by atoms with Crippen molar-refractivity contribution in [3.05, 3.63) is 53.2 Å². The number of aliphatic hydroxyl groups is 1. The lowest BCUT2D eigenvalue weighted by Gasteiger charge is -2.30. The van der Waals surface area contributed by atoms with E-state index in [2.05, 4.69) is 20.9 Å². The molecular weight excluding hydrogens is 356 g/mol. The Labute approximate surface area is 164 Å². The number of carbonyl (C=O) groups excluding carboxylic acids is 1. The van der Waals surface area contributed by atoms with Crippen LogP contribution in [0, 0.1) is 0 Å². The van der Waals surface area contributed by atoms with Crippen molar-refractivity contribution in [1.29, 1.82) is 0 Å². The second-order valence-electron chi connectivity index (χ2n) is 7.62. The van der Waals surface area contributed by atoms with Crippen LogP contribution in [-0.2, 0) is 13.0 Å². The molecule has 148 valence electrons. The van der Waals surface area contributed by atoms with Gasteiger partial charge in [0.05, 0.1) is 6.10 Å². The number of amides is 1. The molecule has 1 saturated carbocycles. The number of aromatic nitrogens is 1. The predicted octanol–water partition coefficient (Wildman–Crippen LogP) is 1.56. The molecule has 5 N–H and O–H groups in total. The van der Waals surface area contributed by atoms with Gasteiger partial charge in [-0.1, -0.05) is 6.07 Å². The lowest BCUT2D eigenvalue weighted by Crippen LogP contribution is -2.49. The summed E-state index contributed by atoms with van der Waals surface area (Å²) >= 11 is 0. The van der Waals surface area contributed by atoms with Gasteiger partial charge in [0.2, 0.25) is 0 Å². The third kappa shape index (κ3) is 4.26. The Balaban J connectivity index is 1.31. The van der Waals surface area contributed by atoms with Crippen LogP contribution < -0.4 is 16.0 Å². The fourth-order valence-electron chi connectivity index (χ4n) is 3.65. The molecule has 0 spiro atoms. The second-order valence-corrected chi connectivity index (χ2v) is 7.62. The highest BCUT2D eigenvalue weighted by molar-refractivity contribution is 5.94. The molecule has 4 rings (SSSR count). The zero-order chi connectivity index (χ0) is 19.5. The number of aromatic hydroxyl groups is 1. The standard InChI is InChI=1S/C21H26N4O3/c26-17-5-4-13-9-18(23-11-15(13)8-17)19(27)12-24-21(28)14-6-7-22-20(10-14)25-16-2-1-3-16/h4-8,10,16,18-19,23,26-27H,1-3,9,11-12H2,(H,22,25)(H,24,28)/t18-,19+/m0/s1. The highest BCUT2D eigenvalue weighted by Gasteiger charge is 2.25. The number of aliphatic hydroxyl groups excluding tert-OH is 1. The lowest BCUT2D eigenvalue weighted by atomic mass is 9.92. The Morgan fingerprint density at radius 3 is 2.89 bits per heavy atom. The van der Waals surface area contributed by atoms with E-state index in [1.165, 1.54) is 6.42 Å². The van der Waals surface area contributed by atoms with Gasteiger partial charge in [-0.2, -0.15) is 0 Å². The van der Waals surface area contributed by atoms with Crippen molar-refractivity contribution in [2.75, 3.05) is 11.9 Å². The normalized spacial score (nSPS) is 20.0. The van der Waals surface area contributed by atoms with Crippen LogP contribution >= 0.6 is 0 Å². The minimum Gasteiger partial charge on any atom is -0.508 e. The summed E-state index contributed by atoms with van der Waals surface area (Å²) in [5, 5.41) is 29.5. The van der Waals surface area contributed by atoms with E-state index in [1.54, 1.807) is 30.5 Å². The van der Waals surface area contributed by atoms with Crippen molar-refractivity contribution in [2.45, 2.75) is 50.4 Å². The van der Waals surface area contributed by atoms with E-state index in [0.29, 0.717) is 30.4 Å². The molecule has 0 bridgehead atoms. The van der Waals surface area contributed by atoms with Crippen molar-refractivity contribution >= 4 is 11.7 Å². The maximum atomic E-state index is 12.5. The van der Waals surface area contributed by atoms with Gasteiger partial charge in [0, 0.05) is 36.9 Å². The van der Waals surface area contributed by atoms with E-state index in [0.717, 1.165) is 24.0 Å². The Bertz CT molecular complexity index is 853. The summed E-state index contributed by atoms with van der Waals surface area (Å²) < 4.78 is 0. The molecule has 28 heavy (non-hydrogen) atoms. The van der Waals surface area contributed by atoms with Gasteiger partial charge in [-0.05, 0) is 61.1 Å². The number of nitrogens with one attached hydrogen (secondary N) is 3. The number of benzene rings is 1. The Morgan fingerprint density at radius 2 is 2.11 bits per heavy atom. The van der Waals surface area contributed by atoms with Crippen LogP contribution in [0.5, 0.6) is 5.75 Å². The highest BCUT2D eigenvalue weighted by Crippen LogP contribution is 2.23. The smallest absolute Gasteiger partial charge is 0.251 e. The monoisotopic (exact) mass is 382 g/mol. The highest BCUT2D eigenvalue weighted by atomic mass is 16.3. The average molecular weight is 382 g/mol. The molecule has 1 aromatic heterocycles. The summed E-state index contributed by atoms with van der Waals surface area (Å²) in [7, 11) is 0. The summed E-state index contributed by atoms with van der Waals surface area (Å²) in [6, 6.07) is 9.02. The number of phenolic OH excluding ortho intramolecular Hbond substituents is 1. The van der Waals surface area contributed by atoms with Crippen LogP contribution in [0.1, 0.15) is 40.7 Å². The topological polar surface area (TPSA) is 107 Å². The van der Waals surface area contributed by atoms with Gasteiger partial charge >= 0.3 is 0 Å². The van der Waals surface area contributed by atoms with E-state index in [9.17, 15) is 15.0 Å². The quantitative estimate of drug-likeness (QED) is 0.519. The summed E-state index contributed by atoms with van der Waals surface area (Å²) in [5.74, 6) is 0.737. The molecule has 2 aromatic rings. The minimum absolute atomic E-state index is 0.148. The van der Waals surface area contributed by atoms with Crippen LogP contribution in [0.25, 0.3) is 0 Å². The molecule has 7 nitrogen and oxygen atoms in total. The first kappa shape index (κ1) is 18.7. The van der Waals surface area contributed by atoms with Crippen LogP contribution in [0.2, 0.25) is 0 Å². The summed E-state index contributed by atoms with van der Waals surface area (Å²) in [6.07, 6.45) is 5.08. The number of hydrogen-bond donors (Lipinski definition) is 5. The Kier molecular flexibility index (Phi) is 5.45. The van der Waals surface area contributed by atoms with Crippen LogP contribution in [0.15, 0.2) is 36.5 Å². The molecule has 2 atom stereocenters. The van der Waals surface area contributed by atoms with Crippen molar-refractivity contribution in [1.82, 2.24) is 15.6 Å². The van der Waals surface area contributed by atoms with Gasteiger partial charge in [-0.25, -0.2) is 4.98 Å². The SMILES string of the molecule is O=C(NC[C@@H](O)[C@@H]1Cc2ccc(O)cc2CN1)c1ccnc(NC2CCC2)c1. The van der Waals surface area contributed by atoms with Crippen LogP contribution in [-0.4, -0.2) is 45.8 Å². The van der Waals surface area contributed by atoms with Gasteiger partial charge in [-0.15, -0.1) is 0 Å². The van der Waals surface area contributed by atoms with E-state index < -0.39 is 6.10 Å². The van der Waals surface area contributed by atoms with Crippen LogP contribution in [0.3, 0.4) is 0 Å². The summed E-state index contributed by atoms with van der Waals surface area (Å²) in [5.41, 5.74) is 2.67. The molecule has 1 fully saturated rings. The van der Waals surface area contributed by atoms with Crippen molar-refractivity contribution in [3.63, 3.8) is 0 Å². The van der Waals surface area contributed by atoms with E-state index in [-0.39, 0.29) is 24.2 Å². The first-order chi connectivity index (χ1) is 13.6. The Morgan fingerprint density at radius 1 is 1.25 bits per heavy atom. The minimum atomic E-state index is -0.708. The number of hydrogen-bond acceptors (Lipinski definition) is 6. The lowest BCUT2D eigenvalue weighted by molar-refractivity contribution is 0.0870. The third-order valence-corrected chi connectivity index (χ3v) is 5.60. The fourth-order valence-corrected chi connectivity index (χ4v) is 3.65. The molecule has 0 unspecified atom stereocenters. The summed E-state index contributed by atoms with van der Waals surface area (Å²) in [4.78, 5) is 16.7. The van der Waals surface area contributed by atoms with Crippen molar-refractivity contribution < 1.29 is 15.0 Å². The zero-order valence-electron chi connectivity index (χ0n) is 15.7. The molecule has 0 radical (unpaired) electrons. The molecule has 1 aromatic carbocycles. The van der Waals surface area contributed by atoms with E-state index in [4.69, 9.17) is 0 Å². The molecule has 2 aliphatic rings. The predicted molar refractivity (Wildman–Crippen MR) is 106 cm³/mol. The first-order valence-electron chi connectivity index (χ1n) is 9.81. The van der Waals surface area contributed by atoms with E-state index in [1.807, 2.05) is 6.07 Å². The molecule has 0 saturated heterocycles. The molecule has 1 aliphatic carbocycles. The largest absolute Gasteiger partial charge is 0.508 e. The second kappa shape index (κ2) is 8.16. The average Bonchev–Trinajstić information content (AvgIpc) is 2.68. The van der Waals surface area contributed by atoms with Gasteiger partial charge in [0.15, 0.2) is 0 Å². The Hall–Kier alpha value is -2.64. The van der Waals surface area contributed by atoms with Gasteiger partial charge in [-0.3, -0.25) is 4.79 Å². The van der Waals surface area contributed by atoms with E-state index >= 15 is 0 Å². The molecule has 1 aliphatic heterocycles. The number of nitrogens with zero attached hydrogens (tertiary/aromatic N) is 1. The molecule has 1 amide bonds. The van der Waals surface area contributed by atoms with Gasteiger partial charge in [0.25, 0.3) is 5.91 Å². The summed E-state index contributed by atoms with van der Waals surface area (Å²) in [6.45, 7) is 0.748. The molecule has 2 heterocycles. The molecular formula is C21H26N4O3. The molecule has 7 heteroatoms. The number of phenols is 1. The number of anilines is 1. The first-order valence-corrected chi connectivity index (χ1v) is 9.81. The fraction of sp³-hybridized carbons (Fsp3) is 0.429. The maximum Gasteiger partial charge on any atom is 0.251 e. The zero-order valence-corrected chi connectivity index (χ0v) is 15.7. The number of fused-ring (bicyclic) bond motifs is 1.